The lowest BCUT2D eigenvalue weighted by Gasteiger charge is -2.32. The third kappa shape index (κ3) is 3.29. The first-order chi connectivity index (χ1) is 11.7. The lowest BCUT2D eigenvalue weighted by Crippen LogP contribution is -2.34. The number of nitrogens with zero attached hydrogens (tertiary/aromatic N) is 3. The zero-order valence-electron chi connectivity index (χ0n) is 14.0. The number of benzene rings is 1. The van der Waals surface area contributed by atoms with E-state index >= 15 is 0 Å². The van der Waals surface area contributed by atoms with E-state index in [9.17, 15) is 4.79 Å². The summed E-state index contributed by atoms with van der Waals surface area (Å²) in [6.07, 6.45) is 3.22. The summed E-state index contributed by atoms with van der Waals surface area (Å²) < 4.78 is 10.9. The second-order valence-electron chi connectivity index (χ2n) is 5.43. The van der Waals surface area contributed by atoms with Crippen molar-refractivity contribution >= 4 is 17.5 Å². The van der Waals surface area contributed by atoms with Gasteiger partial charge in [0.2, 0.25) is 0 Å². The summed E-state index contributed by atoms with van der Waals surface area (Å²) in [7, 11) is 0. The van der Waals surface area contributed by atoms with Gasteiger partial charge in [0.15, 0.2) is 0 Å². The van der Waals surface area contributed by atoms with Crippen LogP contribution in [0.2, 0.25) is 0 Å². The molecule has 1 aromatic heterocycles. The third-order valence-electron chi connectivity index (χ3n) is 3.93. The number of aromatic nitrogens is 2. The number of hydrogen-bond donors (Lipinski definition) is 1. The molecule has 0 unspecified atom stereocenters. The Labute approximate surface area is 141 Å². The van der Waals surface area contributed by atoms with Crippen molar-refractivity contribution in [1.29, 1.82) is 0 Å². The number of ether oxygens (including phenoxy) is 2. The van der Waals surface area contributed by atoms with E-state index in [0.29, 0.717) is 26.3 Å². The summed E-state index contributed by atoms with van der Waals surface area (Å²) in [6.45, 7) is 6.72. The molecule has 1 amide bonds. The van der Waals surface area contributed by atoms with Crippen molar-refractivity contribution in [3.8, 4) is 5.75 Å². The Morgan fingerprint density at radius 1 is 1.46 bits per heavy atom. The fourth-order valence-corrected chi connectivity index (χ4v) is 2.78. The topological polar surface area (TPSA) is 70.7 Å². The van der Waals surface area contributed by atoms with E-state index in [0.717, 1.165) is 29.4 Å². The van der Waals surface area contributed by atoms with Gasteiger partial charge < -0.3 is 19.4 Å². The number of imidazole rings is 1. The minimum atomic E-state index is -0.337. The average Bonchev–Trinajstić information content (AvgIpc) is 3.09. The molecule has 128 valence electrons. The molecule has 0 spiro atoms. The first kappa shape index (κ1) is 16.2. The number of nitrogens with one attached hydrogen (secondary N) is 1. The minimum absolute atomic E-state index is 0.337. The van der Waals surface area contributed by atoms with E-state index < -0.39 is 0 Å². The van der Waals surface area contributed by atoms with Gasteiger partial charge >= 0.3 is 6.09 Å². The SMILES string of the molecule is CCOC(=O)N(CC)c1ccc2c(c1)N(Cc1c[nH]cn1)CCO2. The van der Waals surface area contributed by atoms with Crippen LogP contribution in [-0.4, -0.2) is 42.4 Å². The molecule has 1 aliphatic rings. The number of aromatic amines is 1. The Bertz CT molecular complexity index is 687. The number of fused-ring (bicyclic) bond motifs is 1. The second kappa shape index (κ2) is 7.25. The maximum Gasteiger partial charge on any atom is 0.414 e. The zero-order chi connectivity index (χ0) is 16.9. The van der Waals surface area contributed by atoms with Crippen LogP contribution in [0.15, 0.2) is 30.7 Å². The van der Waals surface area contributed by atoms with E-state index in [-0.39, 0.29) is 6.09 Å². The molecule has 1 aromatic carbocycles. The summed E-state index contributed by atoms with van der Waals surface area (Å²) in [4.78, 5) is 23.2. The normalized spacial score (nSPS) is 13.2. The van der Waals surface area contributed by atoms with Crippen LogP contribution in [0.3, 0.4) is 0 Å². The molecular formula is C17H22N4O3. The highest BCUT2D eigenvalue weighted by molar-refractivity contribution is 5.89. The van der Waals surface area contributed by atoms with Crippen LogP contribution >= 0.6 is 0 Å². The molecule has 7 nitrogen and oxygen atoms in total. The van der Waals surface area contributed by atoms with E-state index in [4.69, 9.17) is 9.47 Å². The van der Waals surface area contributed by atoms with Gasteiger partial charge in [-0.3, -0.25) is 4.90 Å². The van der Waals surface area contributed by atoms with E-state index in [1.165, 1.54) is 0 Å². The number of amides is 1. The second-order valence-corrected chi connectivity index (χ2v) is 5.43. The summed E-state index contributed by atoms with van der Waals surface area (Å²) in [5.74, 6) is 0.820. The van der Waals surface area contributed by atoms with Crippen molar-refractivity contribution in [3.63, 3.8) is 0 Å². The highest BCUT2D eigenvalue weighted by Crippen LogP contribution is 2.36. The van der Waals surface area contributed by atoms with Gasteiger partial charge in [0.1, 0.15) is 12.4 Å². The van der Waals surface area contributed by atoms with Crippen molar-refractivity contribution in [2.45, 2.75) is 20.4 Å². The van der Waals surface area contributed by atoms with Gasteiger partial charge in [-0.1, -0.05) is 0 Å². The average molecular weight is 330 g/mol. The summed E-state index contributed by atoms with van der Waals surface area (Å²) in [6, 6.07) is 5.77. The molecule has 1 N–H and O–H groups in total. The quantitative estimate of drug-likeness (QED) is 0.913. The smallest absolute Gasteiger partial charge is 0.414 e. The Kier molecular flexibility index (Phi) is 4.88. The fourth-order valence-electron chi connectivity index (χ4n) is 2.78. The number of carbonyl (C=O) groups excluding carboxylic acids is 1. The molecule has 24 heavy (non-hydrogen) atoms. The Morgan fingerprint density at radius 2 is 2.33 bits per heavy atom. The van der Waals surface area contributed by atoms with Gasteiger partial charge in [0.25, 0.3) is 0 Å². The van der Waals surface area contributed by atoms with Crippen LogP contribution < -0.4 is 14.5 Å². The largest absolute Gasteiger partial charge is 0.490 e. The molecule has 7 heteroatoms. The van der Waals surface area contributed by atoms with Gasteiger partial charge in [-0.15, -0.1) is 0 Å². The van der Waals surface area contributed by atoms with Crippen LogP contribution in [0.1, 0.15) is 19.5 Å². The third-order valence-corrected chi connectivity index (χ3v) is 3.93. The van der Waals surface area contributed by atoms with Gasteiger partial charge in [0, 0.05) is 18.4 Å². The lowest BCUT2D eigenvalue weighted by molar-refractivity contribution is 0.160. The molecular weight excluding hydrogens is 308 g/mol. The van der Waals surface area contributed by atoms with Crippen molar-refractivity contribution in [1.82, 2.24) is 9.97 Å². The van der Waals surface area contributed by atoms with Gasteiger partial charge in [-0.2, -0.15) is 0 Å². The van der Waals surface area contributed by atoms with Gasteiger partial charge in [0.05, 0.1) is 37.4 Å². The van der Waals surface area contributed by atoms with Crippen LogP contribution in [0.5, 0.6) is 5.75 Å². The summed E-state index contributed by atoms with van der Waals surface area (Å²) in [5, 5.41) is 0. The predicted molar refractivity (Wildman–Crippen MR) is 91.6 cm³/mol. The monoisotopic (exact) mass is 330 g/mol. The van der Waals surface area contributed by atoms with Gasteiger partial charge in [-0.05, 0) is 32.0 Å². The summed E-state index contributed by atoms with van der Waals surface area (Å²) >= 11 is 0. The maximum atomic E-state index is 12.1. The fraction of sp³-hybridized carbons (Fsp3) is 0.412. The van der Waals surface area contributed by atoms with Crippen LogP contribution in [0.25, 0.3) is 0 Å². The van der Waals surface area contributed by atoms with Gasteiger partial charge in [-0.25, -0.2) is 9.78 Å². The number of H-pyrrole nitrogens is 1. The molecule has 0 fully saturated rings. The Hall–Kier alpha value is -2.70. The molecule has 2 heterocycles. The van der Waals surface area contributed by atoms with Crippen LogP contribution in [0.4, 0.5) is 16.2 Å². The maximum absolute atomic E-state index is 12.1. The van der Waals surface area contributed by atoms with Crippen molar-refractivity contribution < 1.29 is 14.3 Å². The number of anilines is 2. The standard InChI is InChI=1S/C17H22N4O3/c1-3-21(17(22)23-4-2)14-5-6-16-15(9-14)20(7-8-24-16)11-13-10-18-12-19-13/h5-6,9-10,12H,3-4,7-8,11H2,1-2H3,(H,18,19). The molecule has 0 bridgehead atoms. The van der Waals surface area contributed by atoms with Crippen molar-refractivity contribution in [2.75, 3.05) is 36.1 Å². The molecule has 3 rings (SSSR count). The van der Waals surface area contributed by atoms with Crippen LogP contribution in [0, 0.1) is 0 Å². The van der Waals surface area contributed by atoms with Crippen LogP contribution in [-0.2, 0) is 11.3 Å². The molecule has 0 radical (unpaired) electrons. The van der Waals surface area contributed by atoms with Crippen molar-refractivity contribution in [2.24, 2.45) is 0 Å². The minimum Gasteiger partial charge on any atom is -0.490 e. The number of hydrogen-bond acceptors (Lipinski definition) is 5. The lowest BCUT2D eigenvalue weighted by atomic mass is 10.2. The predicted octanol–water partition coefficient (Wildman–Crippen LogP) is 2.79. The number of rotatable bonds is 5. The molecule has 0 saturated carbocycles. The molecule has 0 aliphatic carbocycles. The first-order valence-electron chi connectivity index (χ1n) is 8.16. The highest BCUT2D eigenvalue weighted by atomic mass is 16.6. The molecule has 0 atom stereocenters. The van der Waals surface area contributed by atoms with E-state index in [1.807, 2.05) is 31.3 Å². The van der Waals surface area contributed by atoms with Crippen molar-refractivity contribution in [3.05, 3.63) is 36.4 Å². The zero-order valence-corrected chi connectivity index (χ0v) is 14.0. The first-order valence-corrected chi connectivity index (χ1v) is 8.16. The Balaban J connectivity index is 1.88. The van der Waals surface area contributed by atoms with E-state index in [2.05, 4.69) is 14.9 Å². The summed E-state index contributed by atoms with van der Waals surface area (Å²) in [5.41, 5.74) is 2.72. The Morgan fingerprint density at radius 3 is 3.04 bits per heavy atom. The van der Waals surface area contributed by atoms with E-state index in [1.54, 1.807) is 18.2 Å². The number of carbonyl (C=O) groups is 1. The molecule has 1 aliphatic heterocycles. The highest BCUT2D eigenvalue weighted by Gasteiger charge is 2.22. The molecule has 2 aromatic rings. The molecule has 0 saturated heterocycles.